The number of nitrogens with two attached hydrogens (primary N) is 1. The van der Waals surface area contributed by atoms with E-state index in [2.05, 4.69) is 6.58 Å². The molecule has 13 heavy (non-hydrogen) atoms. The maximum Gasteiger partial charge on any atom is 0.351 e. The molecule has 0 aliphatic rings. The first-order chi connectivity index (χ1) is 6.26. The Hall–Kier alpha value is -0.163. The molecular formula is C9H21NO2Si. The van der Waals surface area contributed by atoms with Gasteiger partial charge in [-0.15, -0.1) is 0 Å². The van der Waals surface area contributed by atoms with Crippen molar-refractivity contribution in [1.82, 2.24) is 0 Å². The molecule has 0 amide bonds. The lowest BCUT2D eigenvalue weighted by Gasteiger charge is -2.16. The van der Waals surface area contributed by atoms with Crippen molar-refractivity contribution >= 4 is 9.28 Å². The second-order valence-electron chi connectivity index (χ2n) is 2.79. The molecule has 3 nitrogen and oxygen atoms in total. The Morgan fingerprint density at radius 3 is 2.23 bits per heavy atom. The molecule has 0 saturated heterocycles. The van der Waals surface area contributed by atoms with Crippen molar-refractivity contribution < 1.29 is 8.85 Å². The molecule has 0 bridgehead atoms. The Morgan fingerprint density at radius 1 is 1.31 bits per heavy atom. The van der Waals surface area contributed by atoms with Crippen LogP contribution in [0.15, 0.2) is 11.8 Å². The minimum Gasteiger partial charge on any atom is -0.394 e. The number of hydrogen-bond donors (Lipinski definition) is 1. The molecule has 0 rings (SSSR count). The zero-order valence-corrected chi connectivity index (χ0v) is 9.87. The van der Waals surface area contributed by atoms with E-state index in [9.17, 15) is 0 Å². The van der Waals surface area contributed by atoms with Crippen molar-refractivity contribution in [2.75, 3.05) is 19.8 Å². The van der Waals surface area contributed by atoms with Crippen molar-refractivity contribution in [1.29, 1.82) is 0 Å². The predicted octanol–water partition coefficient (Wildman–Crippen LogP) is 1.11. The number of allylic oxidation sites excluding steroid dienone is 1. The molecule has 0 heterocycles. The van der Waals surface area contributed by atoms with Crippen LogP contribution in [-0.4, -0.2) is 29.0 Å². The highest BCUT2D eigenvalue weighted by atomic mass is 28.3. The largest absolute Gasteiger partial charge is 0.394 e. The quantitative estimate of drug-likeness (QED) is 0.601. The van der Waals surface area contributed by atoms with Crippen molar-refractivity contribution in [3.05, 3.63) is 11.8 Å². The normalized spacial score (nSPS) is 10.8. The second-order valence-corrected chi connectivity index (χ2v) is 4.94. The smallest absolute Gasteiger partial charge is 0.351 e. The van der Waals surface area contributed by atoms with Gasteiger partial charge in [-0.05, 0) is 38.4 Å². The zero-order valence-electron chi connectivity index (χ0n) is 8.71. The highest BCUT2D eigenvalue weighted by molar-refractivity contribution is 6.53. The number of hydrogen-bond acceptors (Lipinski definition) is 3. The van der Waals surface area contributed by atoms with E-state index in [0.29, 0.717) is 19.8 Å². The maximum atomic E-state index is 5.52. The Balaban J connectivity index is 3.80. The van der Waals surface area contributed by atoms with Gasteiger partial charge in [-0.25, -0.2) is 0 Å². The average molecular weight is 203 g/mol. The van der Waals surface area contributed by atoms with E-state index in [4.69, 9.17) is 14.6 Å². The van der Waals surface area contributed by atoms with E-state index in [1.165, 1.54) is 0 Å². The van der Waals surface area contributed by atoms with Crippen LogP contribution in [0.25, 0.3) is 0 Å². The summed E-state index contributed by atoms with van der Waals surface area (Å²) in [7, 11) is -1.61. The van der Waals surface area contributed by atoms with E-state index < -0.39 is 9.28 Å². The summed E-state index contributed by atoms with van der Waals surface area (Å²) in [5.41, 5.74) is 5.42. The van der Waals surface area contributed by atoms with Gasteiger partial charge in [0.05, 0.1) is 0 Å². The van der Waals surface area contributed by atoms with Gasteiger partial charge >= 0.3 is 9.28 Å². The van der Waals surface area contributed by atoms with Gasteiger partial charge in [-0.2, -0.15) is 0 Å². The summed E-state index contributed by atoms with van der Waals surface area (Å²) in [5.74, 6) is 0. The summed E-state index contributed by atoms with van der Waals surface area (Å²) < 4.78 is 11.0. The minimum absolute atomic E-state index is 0.707. The van der Waals surface area contributed by atoms with Crippen LogP contribution in [0.1, 0.15) is 26.7 Å². The molecule has 4 heteroatoms. The van der Waals surface area contributed by atoms with Gasteiger partial charge in [-0.3, -0.25) is 0 Å². The van der Waals surface area contributed by atoms with Crippen molar-refractivity contribution in [3.8, 4) is 0 Å². The summed E-state index contributed by atoms with van der Waals surface area (Å²) in [6.45, 7) is 10.1. The molecule has 0 aliphatic heterocycles. The first-order valence-electron chi connectivity index (χ1n) is 4.87. The first kappa shape index (κ1) is 12.8. The summed E-state index contributed by atoms with van der Waals surface area (Å²) in [4.78, 5) is 0. The molecule has 0 aromatic carbocycles. The monoisotopic (exact) mass is 203 g/mol. The lowest BCUT2D eigenvalue weighted by atomic mass is 10.3. The molecule has 0 unspecified atom stereocenters. The maximum absolute atomic E-state index is 5.52. The fourth-order valence-electron chi connectivity index (χ4n) is 1.03. The van der Waals surface area contributed by atoms with Crippen LogP contribution < -0.4 is 5.73 Å². The lowest BCUT2D eigenvalue weighted by molar-refractivity contribution is 0.220. The highest BCUT2D eigenvalue weighted by Crippen LogP contribution is 2.08. The molecule has 0 spiro atoms. The Labute approximate surface area is 82.8 Å². The molecule has 0 saturated carbocycles. The fourth-order valence-corrected chi connectivity index (χ4v) is 2.65. The fraction of sp³-hybridized carbons (Fsp3) is 0.778. The first-order valence-corrected chi connectivity index (χ1v) is 6.39. The Bertz CT molecular complexity index is 136. The van der Waals surface area contributed by atoms with Crippen molar-refractivity contribution in [3.63, 3.8) is 0 Å². The molecule has 2 N–H and O–H groups in total. The third-order valence-electron chi connectivity index (χ3n) is 1.67. The van der Waals surface area contributed by atoms with Gasteiger partial charge in [0.2, 0.25) is 0 Å². The average Bonchev–Trinajstić information content (AvgIpc) is 2.14. The van der Waals surface area contributed by atoms with Crippen molar-refractivity contribution in [2.24, 2.45) is 5.73 Å². The van der Waals surface area contributed by atoms with E-state index in [-0.39, 0.29) is 0 Å². The summed E-state index contributed by atoms with van der Waals surface area (Å²) >= 11 is 0. The van der Waals surface area contributed by atoms with Gasteiger partial charge < -0.3 is 14.6 Å². The molecule has 0 radical (unpaired) electrons. The zero-order chi connectivity index (χ0) is 10.1. The van der Waals surface area contributed by atoms with E-state index >= 15 is 0 Å². The molecular weight excluding hydrogens is 182 g/mol. The van der Waals surface area contributed by atoms with Crippen LogP contribution in [0.4, 0.5) is 0 Å². The molecule has 0 aromatic rings. The van der Waals surface area contributed by atoms with Crippen LogP contribution in [0.5, 0.6) is 0 Å². The Kier molecular flexibility index (Phi) is 8.33. The predicted molar refractivity (Wildman–Crippen MR) is 57.8 cm³/mol. The molecule has 0 aliphatic carbocycles. The third-order valence-corrected chi connectivity index (χ3v) is 3.90. The summed E-state index contributed by atoms with van der Waals surface area (Å²) in [5, 5.41) is 1.12. The molecule has 0 atom stereocenters. The van der Waals surface area contributed by atoms with Crippen LogP contribution >= 0.6 is 0 Å². The van der Waals surface area contributed by atoms with Gasteiger partial charge in [0.25, 0.3) is 0 Å². The van der Waals surface area contributed by atoms with Crippen LogP contribution in [0, 0.1) is 0 Å². The summed E-state index contributed by atoms with van der Waals surface area (Å²) in [6.07, 6.45) is 1.91. The third kappa shape index (κ3) is 5.98. The lowest BCUT2D eigenvalue weighted by Crippen LogP contribution is -2.26. The molecule has 0 fully saturated rings. The Morgan fingerprint density at radius 2 is 1.85 bits per heavy atom. The van der Waals surface area contributed by atoms with Crippen LogP contribution in [0.3, 0.4) is 0 Å². The topological polar surface area (TPSA) is 44.5 Å². The van der Waals surface area contributed by atoms with Crippen LogP contribution in [-0.2, 0) is 8.85 Å². The van der Waals surface area contributed by atoms with E-state index in [1.807, 2.05) is 13.8 Å². The van der Waals surface area contributed by atoms with E-state index in [0.717, 1.165) is 18.0 Å². The van der Waals surface area contributed by atoms with Crippen LogP contribution in [0.2, 0.25) is 0 Å². The number of rotatable bonds is 8. The SMILES string of the molecule is C=C(CCCN)[SiH](OCC)OCC. The van der Waals surface area contributed by atoms with Gasteiger partial charge in [-0.1, -0.05) is 6.58 Å². The van der Waals surface area contributed by atoms with Crippen molar-refractivity contribution in [2.45, 2.75) is 26.7 Å². The van der Waals surface area contributed by atoms with Gasteiger partial charge in [0.1, 0.15) is 0 Å². The second kappa shape index (κ2) is 8.44. The van der Waals surface area contributed by atoms with E-state index in [1.54, 1.807) is 0 Å². The molecule has 78 valence electrons. The molecule has 0 aromatic heterocycles. The minimum atomic E-state index is -1.61. The standard InChI is InChI=1S/C9H21NO2Si/c1-4-11-13(12-5-2)9(3)7-6-8-10/h13H,3-8,10H2,1-2H3. The highest BCUT2D eigenvalue weighted by Gasteiger charge is 2.15. The summed E-state index contributed by atoms with van der Waals surface area (Å²) in [6, 6.07) is 0. The van der Waals surface area contributed by atoms with Gasteiger partial charge in [0.15, 0.2) is 0 Å². The van der Waals surface area contributed by atoms with Gasteiger partial charge in [0, 0.05) is 13.2 Å².